The molecule has 0 aliphatic carbocycles. The van der Waals surface area contributed by atoms with Crippen LogP contribution < -0.4 is 10.6 Å². The molecular formula is C27H26N2O4. The number of hydrogen-bond donors (Lipinski definition) is 2. The molecule has 2 amide bonds. The number of esters is 1. The van der Waals surface area contributed by atoms with E-state index in [0.29, 0.717) is 16.8 Å². The molecule has 0 bridgehead atoms. The molecule has 0 aliphatic heterocycles. The smallest absolute Gasteiger partial charge is 0.355 e. The van der Waals surface area contributed by atoms with Crippen LogP contribution in [-0.4, -0.2) is 17.8 Å². The summed E-state index contributed by atoms with van der Waals surface area (Å²) < 4.78 is 5.64. The van der Waals surface area contributed by atoms with Gasteiger partial charge in [-0.05, 0) is 42.7 Å². The maximum atomic E-state index is 13.2. The van der Waals surface area contributed by atoms with E-state index in [1.165, 1.54) is 13.0 Å². The molecule has 0 radical (unpaired) electrons. The number of anilines is 1. The minimum Gasteiger partial charge on any atom is -0.443 e. The standard InChI is InChI=1S/C27H26N2O4/c1-18-14-15-19(2)23(16-18)29-26(31)25(22-12-8-5-9-13-22)33-27(32)24(28-20(3)30)17-21-10-6-4-7-11-21/h4-17,25H,1-3H3,(H,28,30)(H,29,31)/b24-17+. The number of amides is 2. The number of nitrogens with one attached hydrogen (secondary N) is 2. The molecule has 0 saturated carbocycles. The van der Waals surface area contributed by atoms with Gasteiger partial charge in [-0.15, -0.1) is 0 Å². The molecule has 3 rings (SSSR count). The van der Waals surface area contributed by atoms with Crippen LogP contribution in [0.25, 0.3) is 6.08 Å². The largest absolute Gasteiger partial charge is 0.443 e. The van der Waals surface area contributed by atoms with Gasteiger partial charge in [-0.1, -0.05) is 72.8 Å². The molecule has 0 aromatic heterocycles. The van der Waals surface area contributed by atoms with Gasteiger partial charge in [0.1, 0.15) is 5.70 Å². The SMILES string of the molecule is CC(=O)N/C(=C/c1ccccc1)C(=O)OC(C(=O)Nc1cc(C)ccc1C)c1ccccc1. The average Bonchev–Trinajstić information content (AvgIpc) is 2.80. The third kappa shape index (κ3) is 6.64. The van der Waals surface area contributed by atoms with Crippen molar-refractivity contribution < 1.29 is 19.1 Å². The first kappa shape index (κ1) is 23.5. The first-order chi connectivity index (χ1) is 15.8. The lowest BCUT2D eigenvalue weighted by atomic mass is 10.1. The normalized spacial score (nSPS) is 11.9. The van der Waals surface area contributed by atoms with E-state index in [-0.39, 0.29) is 5.70 Å². The summed E-state index contributed by atoms with van der Waals surface area (Å²) in [7, 11) is 0. The topological polar surface area (TPSA) is 84.5 Å². The number of ether oxygens (including phenoxy) is 1. The average molecular weight is 443 g/mol. The quantitative estimate of drug-likeness (QED) is 0.410. The second-order valence-corrected chi connectivity index (χ2v) is 7.65. The summed E-state index contributed by atoms with van der Waals surface area (Å²) in [6.45, 7) is 5.11. The predicted octanol–water partition coefficient (Wildman–Crippen LogP) is 4.70. The summed E-state index contributed by atoms with van der Waals surface area (Å²) in [5.41, 5.74) is 3.66. The molecule has 1 atom stereocenters. The molecule has 6 nitrogen and oxygen atoms in total. The Morgan fingerprint density at radius 2 is 1.52 bits per heavy atom. The fraction of sp³-hybridized carbons (Fsp3) is 0.148. The Kier molecular flexibility index (Phi) is 7.76. The minimum absolute atomic E-state index is 0.0610. The number of rotatable bonds is 7. The molecule has 1 unspecified atom stereocenters. The number of carbonyl (C=O) groups is 3. The van der Waals surface area contributed by atoms with Crippen molar-refractivity contribution in [3.05, 3.63) is 107 Å². The van der Waals surface area contributed by atoms with Crippen molar-refractivity contribution in [2.45, 2.75) is 26.9 Å². The van der Waals surface area contributed by atoms with E-state index in [2.05, 4.69) is 10.6 Å². The Bertz CT molecular complexity index is 1170. The maximum Gasteiger partial charge on any atom is 0.355 e. The van der Waals surface area contributed by atoms with E-state index in [0.717, 1.165) is 11.1 Å². The van der Waals surface area contributed by atoms with E-state index >= 15 is 0 Å². The Labute approximate surface area is 193 Å². The van der Waals surface area contributed by atoms with Crippen molar-refractivity contribution in [1.29, 1.82) is 0 Å². The lowest BCUT2D eigenvalue weighted by Gasteiger charge is -2.20. The molecule has 2 N–H and O–H groups in total. The van der Waals surface area contributed by atoms with Crippen molar-refractivity contribution >= 4 is 29.5 Å². The minimum atomic E-state index is -1.22. The Morgan fingerprint density at radius 3 is 2.15 bits per heavy atom. The van der Waals surface area contributed by atoms with Gasteiger partial charge in [0.05, 0.1) is 0 Å². The Morgan fingerprint density at radius 1 is 0.879 bits per heavy atom. The molecular weight excluding hydrogens is 416 g/mol. The van der Waals surface area contributed by atoms with Gasteiger partial charge >= 0.3 is 5.97 Å². The highest BCUT2D eigenvalue weighted by molar-refractivity contribution is 6.01. The molecule has 3 aromatic rings. The summed E-state index contributed by atoms with van der Waals surface area (Å²) in [5.74, 6) is -1.74. The van der Waals surface area contributed by atoms with E-state index in [1.54, 1.807) is 36.4 Å². The molecule has 6 heteroatoms. The van der Waals surface area contributed by atoms with Gasteiger partial charge in [0.25, 0.3) is 5.91 Å². The fourth-order valence-corrected chi connectivity index (χ4v) is 3.19. The summed E-state index contributed by atoms with van der Waals surface area (Å²) in [5, 5.41) is 5.37. The summed E-state index contributed by atoms with van der Waals surface area (Å²) in [6, 6.07) is 23.5. The van der Waals surface area contributed by atoms with Crippen LogP contribution >= 0.6 is 0 Å². The number of carbonyl (C=O) groups excluding carboxylic acids is 3. The van der Waals surface area contributed by atoms with Gasteiger partial charge in [0.2, 0.25) is 12.0 Å². The van der Waals surface area contributed by atoms with Gasteiger partial charge in [-0.2, -0.15) is 0 Å². The monoisotopic (exact) mass is 442 g/mol. The molecule has 3 aromatic carbocycles. The van der Waals surface area contributed by atoms with Crippen molar-refractivity contribution in [3.63, 3.8) is 0 Å². The van der Waals surface area contributed by atoms with Gasteiger partial charge in [-0.25, -0.2) is 4.79 Å². The van der Waals surface area contributed by atoms with Crippen LogP contribution in [0.4, 0.5) is 5.69 Å². The summed E-state index contributed by atoms with van der Waals surface area (Å²) >= 11 is 0. The van der Waals surface area contributed by atoms with Crippen LogP contribution in [0, 0.1) is 13.8 Å². The van der Waals surface area contributed by atoms with E-state index in [9.17, 15) is 14.4 Å². The summed E-state index contributed by atoms with van der Waals surface area (Å²) in [4.78, 5) is 38.0. The van der Waals surface area contributed by atoms with Gasteiger partial charge < -0.3 is 15.4 Å². The second kappa shape index (κ2) is 10.9. The summed E-state index contributed by atoms with van der Waals surface area (Å²) in [6.07, 6.45) is 0.292. The Hall–Kier alpha value is -4.19. The highest BCUT2D eigenvalue weighted by Gasteiger charge is 2.27. The molecule has 0 spiro atoms. The van der Waals surface area contributed by atoms with Crippen molar-refractivity contribution in [1.82, 2.24) is 5.32 Å². The number of benzene rings is 3. The molecule has 168 valence electrons. The number of aryl methyl sites for hydroxylation is 2. The Balaban J connectivity index is 1.91. The fourth-order valence-electron chi connectivity index (χ4n) is 3.19. The van der Waals surface area contributed by atoms with Crippen LogP contribution in [0.5, 0.6) is 0 Å². The number of hydrogen-bond acceptors (Lipinski definition) is 4. The van der Waals surface area contributed by atoms with E-state index in [4.69, 9.17) is 4.74 Å². The zero-order chi connectivity index (χ0) is 23.8. The second-order valence-electron chi connectivity index (χ2n) is 7.65. The van der Waals surface area contributed by atoms with Crippen LogP contribution in [0.15, 0.2) is 84.6 Å². The van der Waals surface area contributed by atoms with Crippen LogP contribution in [-0.2, 0) is 19.1 Å². The van der Waals surface area contributed by atoms with Crippen LogP contribution in [0.2, 0.25) is 0 Å². The van der Waals surface area contributed by atoms with E-state index < -0.39 is 23.9 Å². The van der Waals surface area contributed by atoms with Crippen molar-refractivity contribution in [2.75, 3.05) is 5.32 Å². The van der Waals surface area contributed by atoms with Gasteiger partial charge in [-0.3, -0.25) is 9.59 Å². The lowest BCUT2D eigenvalue weighted by molar-refractivity contribution is -0.151. The molecule has 0 aliphatic rings. The van der Waals surface area contributed by atoms with Crippen LogP contribution in [0.3, 0.4) is 0 Å². The maximum absolute atomic E-state index is 13.2. The third-order valence-electron chi connectivity index (χ3n) is 4.86. The zero-order valence-electron chi connectivity index (χ0n) is 18.8. The van der Waals surface area contributed by atoms with Crippen molar-refractivity contribution in [3.8, 4) is 0 Å². The first-order valence-corrected chi connectivity index (χ1v) is 10.5. The molecule has 0 saturated heterocycles. The first-order valence-electron chi connectivity index (χ1n) is 10.5. The highest BCUT2D eigenvalue weighted by Crippen LogP contribution is 2.24. The zero-order valence-corrected chi connectivity index (χ0v) is 18.8. The van der Waals surface area contributed by atoms with E-state index in [1.807, 2.05) is 56.3 Å². The van der Waals surface area contributed by atoms with Gasteiger partial charge in [0.15, 0.2) is 0 Å². The molecule has 0 fully saturated rings. The van der Waals surface area contributed by atoms with Crippen LogP contribution in [0.1, 0.15) is 35.3 Å². The predicted molar refractivity (Wildman–Crippen MR) is 128 cm³/mol. The van der Waals surface area contributed by atoms with Gasteiger partial charge in [0, 0.05) is 18.2 Å². The molecule has 0 heterocycles. The lowest BCUT2D eigenvalue weighted by Crippen LogP contribution is -2.31. The van der Waals surface area contributed by atoms with Crippen molar-refractivity contribution in [2.24, 2.45) is 0 Å². The third-order valence-corrected chi connectivity index (χ3v) is 4.86. The highest BCUT2D eigenvalue weighted by atomic mass is 16.5. The molecule has 33 heavy (non-hydrogen) atoms.